The lowest BCUT2D eigenvalue weighted by atomic mass is 10.4. The fourth-order valence-electron chi connectivity index (χ4n) is 2.36. The molecule has 2 heterocycles. The quantitative estimate of drug-likeness (QED) is 0.759. The van der Waals surface area contributed by atoms with Crippen LogP contribution in [0.3, 0.4) is 0 Å². The summed E-state index contributed by atoms with van der Waals surface area (Å²) in [4.78, 5) is 11.3. The molecule has 96 valence electrons. The van der Waals surface area contributed by atoms with Gasteiger partial charge in [0, 0.05) is 15.5 Å². The van der Waals surface area contributed by atoms with Gasteiger partial charge in [-0.1, -0.05) is 24.4 Å². The molecule has 0 unspecified atom stereocenters. The minimum atomic E-state index is 0.603. The number of thiophene rings is 1. The van der Waals surface area contributed by atoms with Gasteiger partial charge in [-0.25, -0.2) is 9.97 Å². The third-order valence-corrected chi connectivity index (χ3v) is 5.87. The maximum absolute atomic E-state index is 6.22. The maximum atomic E-state index is 6.22. The first-order valence-electron chi connectivity index (χ1n) is 6.26. The van der Waals surface area contributed by atoms with Gasteiger partial charge in [0.05, 0.1) is 5.75 Å². The number of aromatic nitrogens is 2. The second kappa shape index (κ2) is 5.35. The molecule has 1 aliphatic rings. The zero-order valence-corrected chi connectivity index (χ0v) is 12.7. The molecule has 0 N–H and O–H groups in total. The number of aryl methyl sites for hydroxylation is 1. The van der Waals surface area contributed by atoms with E-state index in [1.807, 2.05) is 11.8 Å². The van der Waals surface area contributed by atoms with E-state index in [1.54, 1.807) is 11.3 Å². The van der Waals surface area contributed by atoms with Gasteiger partial charge in [0.1, 0.15) is 15.8 Å². The summed E-state index contributed by atoms with van der Waals surface area (Å²) in [6, 6.07) is 2.07. The molecule has 0 aromatic carbocycles. The standard InChI is InChI=1S/C13H15ClN2S2/c1-8-6-10-12(14)15-11(16-13(10)18-8)7-17-9-4-2-3-5-9/h6,9H,2-5,7H2,1H3. The summed E-state index contributed by atoms with van der Waals surface area (Å²) in [7, 11) is 0. The van der Waals surface area contributed by atoms with E-state index in [1.165, 1.54) is 30.6 Å². The van der Waals surface area contributed by atoms with Gasteiger partial charge in [-0.2, -0.15) is 11.8 Å². The fourth-order valence-corrected chi connectivity index (χ4v) is 4.74. The van der Waals surface area contributed by atoms with Crippen LogP contribution in [-0.2, 0) is 5.75 Å². The number of nitrogens with zero attached hydrogens (tertiary/aromatic N) is 2. The van der Waals surface area contributed by atoms with E-state index in [2.05, 4.69) is 23.0 Å². The van der Waals surface area contributed by atoms with Crippen molar-refractivity contribution in [3.63, 3.8) is 0 Å². The van der Waals surface area contributed by atoms with E-state index in [0.29, 0.717) is 5.15 Å². The third kappa shape index (κ3) is 2.65. The Morgan fingerprint density at radius 3 is 2.94 bits per heavy atom. The molecule has 0 spiro atoms. The van der Waals surface area contributed by atoms with Gasteiger partial charge in [-0.3, -0.25) is 0 Å². The lowest BCUT2D eigenvalue weighted by Crippen LogP contribution is -1.98. The molecule has 18 heavy (non-hydrogen) atoms. The Hall–Kier alpha value is -0.320. The highest BCUT2D eigenvalue weighted by molar-refractivity contribution is 7.99. The van der Waals surface area contributed by atoms with Crippen molar-refractivity contribution in [1.29, 1.82) is 0 Å². The zero-order chi connectivity index (χ0) is 12.5. The average Bonchev–Trinajstić information content (AvgIpc) is 2.94. The molecule has 1 fully saturated rings. The average molecular weight is 299 g/mol. The van der Waals surface area contributed by atoms with E-state index >= 15 is 0 Å². The topological polar surface area (TPSA) is 25.8 Å². The van der Waals surface area contributed by atoms with Crippen molar-refractivity contribution < 1.29 is 0 Å². The highest BCUT2D eigenvalue weighted by atomic mass is 35.5. The summed E-state index contributed by atoms with van der Waals surface area (Å²) >= 11 is 9.89. The van der Waals surface area contributed by atoms with Gasteiger partial charge in [-0.15, -0.1) is 11.3 Å². The summed E-state index contributed by atoms with van der Waals surface area (Å²) in [6.07, 6.45) is 5.45. The highest BCUT2D eigenvalue weighted by Gasteiger charge is 2.16. The number of thioether (sulfide) groups is 1. The van der Waals surface area contributed by atoms with Crippen molar-refractivity contribution in [1.82, 2.24) is 9.97 Å². The second-order valence-electron chi connectivity index (χ2n) is 4.72. The monoisotopic (exact) mass is 298 g/mol. The van der Waals surface area contributed by atoms with Crippen LogP contribution >= 0.6 is 34.7 Å². The van der Waals surface area contributed by atoms with Gasteiger partial charge < -0.3 is 0 Å². The molecule has 0 radical (unpaired) electrons. The van der Waals surface area contributed by atoms with Crippen molar-refractivity contribution >= 4 is 44.9 Å². The molecule has 0 atom stereocenters. The largest absolute Gasteiger partial charge is 0.221 e. The number of hydrogen-bond acceptors (Lipinski definition) is 4. The smallest absolute Gasteiger partial charge is 0.141 e. The molecule has 0 aliphatic heterocycles. The van der Waals surface area contributed by atoms with E-state index in [9.17, 15) is 0 Å². The summed E-state index contributed by atoms with van der Waals surface area (Å²) in [6.45, 7) is 2.08. The minimum Gasteiger partial charge on any atom is -0.221 e. The van der Waals surface area contributed by atoms with E-state index in [4.69, 9.17) is 11.6 Å². The van der Waals surface area contributed by atoms with Crippen molar-refractivity contribution in [3.05, 3.63) is 21.9 Å². The first-order valence-corrected chi connectivity index (χ1v) is 8.51. The van der Waals surface area contributed by atoms with Crippen molar-refractivity contribution in [2.45, 2.75) is 43.6 Å². The molecule has 2 aromatic rings. The molecule has 0 bridgehead atoms. The Bertz CT molecular complexity index is 561. The van der Waals surface area contributed by atoms with Crippen LogP contribution < -0.4 is 0 Å². The molecule has 1 aliphatic carbocycles. The first kappa shape index (κ1) is 12.7. The Morgan fingerprint density at radius 1 is 1.39 bits per heavy atom. The predicted molar refractivity (Wildman–Crippen MR) is 80.7 cm³/mol. The van der Waals surface area contributed by atoms with Crippen LogP contribution in [0.25, 0.3) is 10.2 Å². The number of halogens is 1. The van der Waals surface area contributed by atoms with E-state index < -0.39 is 0 Å². The predicted octanol–water partition coefficient (Wildman–Crippen LogP) is 4.83. The van der Waals surface area contributed by atoms with Gasteiger partial charge in [-0.05, 0) is 25.8 Å². The summed E-state index contributed by atoms with van der Waals surface area (Å²) in [5.74, 6) is 1.77. The third-order valence-electron chi connectivity index (χ3n) is 3.27. The van der Waals surface area contributed by atoms with Crippen molar-refractivity contribution in [2.24, 2.45) is 0 Å². The van der Waals surface area contributed by atoms with Crippen LogP contribution in [0.5, 0.6) is 0 Å². The Balaban J connectivity index is 1.79. The summed E-state index contributed by atoms with van der Waals surface area (Å²) < 4.78 is 0. The molecule has 3 rings (SSSR count). The first-order chi connectivity index (χ1) is 8.72. The van der Waals surface area contributed by atoms with Crippen molar-refractivity contribution in [3.8, 4) is 0 Å². The molecule has 5 heteroatoms. The second-order valence-corrected chi connectivity index (χ2v) is 7.61. The molecule has 2 aromatic heterocycles. The van der Waals surface area contributed by atoms with Crippen LogP contribution in [0.4, 0.5) is 0 Å². The van der Waals surface area contributed by atoms with Crippen LogP contribution in [0, 0.1) is 6.92 Å². The van der Waals surface area contributed by atoms with E-state index in [0.717, 1.165) is 27.0 Å². The number of hydrogen-bond donors (Lipinski definition) is 0. The lowest BCUT2D eigenvalue weighted by molar-refractivity contribution is 0.886. The molecule has 0 saturated heterocycles. The zero-order valence-electron chi connectivity index (χ0n) is 10.3. The Morgan fingerprint density at radius 2 is 2.17 bits per heavy atom. The molecule has 1 saturated carbocycles. The van der Waals surface area contributed by atoms with E-state index in [-0.39, 0.29) is 0 Å². The van der Waals surface area contributed by atoms with Crippen molar-refractivity contribution in [2.75, 3.05) is 0 Å². The SMILES string of the molecule is Cc1cc2c(Cl)nc(CSC3CCCC3)nc2s1. The van der Waals surface area contributed by atoms with Gasteiger partial charge >= 0.3 is 0 Å². The Labute approximate surface area is 120 Å². The highest BCUT2D eigenvalue weighted by Crippen LogP contribution is 2.33. The summed E-state index contributed by atoms with van der Waals surface area (Å²) in [5.41, 5.74) is 0. The number of fused-ring (bicyclic) bond motifs is 1. The van der Waals surface area contributed by atoms with Crippen LogP contribution in [0.1, 0.15) is 36.4 Å². The molecule has 0 amide bonds. The van der Waals surface area contributed by atoms with Gasteiger partial charge in [0.25, 0.3) is 0 Å². The Kier molecular flexibility index (Phi) is 3.78. The molecular formula is C13H15ClN2S2. The normalized spacial score (nSPS) is 16.8. The number of rotatable bonds is 3. The minimum absolute atomic E-state index is 0.603. The summed E-state index contributed by atoms with van der Waals surface area (Å²) in [5, 5.41) is 2.40. The van der Waals surface area contributed by atoms with Crippen LogP contribution in [-0.4, -0.2) is 15.2 Å². The fraction of sp³-hybridized carbons (Fsp3) is 0.538. The van der Waals surface area contributed by atoms with Crippen LogP contribution in [0.2, 0.25) is 5.15 Å². The van der Waals surface area contributed by atoms with Gasteiger partial charge in [0.2, 0.25) is 0 Å². The maximum Gasteiger partial charge on any atom is 0.141 e. The molecule has 2 nitrogen and oxygen atoms in total. The lowest BCUT2D eigenvalue weighted by Gasteiger charge is -2.07. The van der Waals surface area contributed by atoms with Gasteiger partial charge in [0.15, 0.2) is 0 Å². The molecular weight excluding hydrogens is 284 g/mol. The van der Waals surface area contributed by atoms with Crippen LogP contribution in [0.15, 0.2) is 6.07 Å².